The standard InChI is InChI=1S/C8H7N3.C4H4N2.BrH/c9-7-4-3-6-2-1-5-10-8(6)11-7;1-2-5-4-6-3-1;/h1-5H,(H2,9,10,11);1-4H;1H. The zero-order valence-electron chi connectivity index (χ0n) is 9.47. The van der Waals surface area contributed by atoms with Crippen LogP contribution in [0.2, 0.25) is 0 Å². The Morgan fingerprint density at radius 3 is 2.28 bits per heavy atom. The number of aromatic nitrogens is 4. The number of nitrogen functional groups attached to an aromatic ring is 1. The Kier molecular flexibility index (Phi) is 5.66. The molecule has 0 saturated carbocycles. The first-order chi connectivity index (χ1) is 8.36. The Balaban J connectivity index is 0.000000199. The van der Waals surface area contributed by atoms with Crippen molar-refractivity contribution in [1.29, 1.82) is 0 Å². The van der Waals surface area contributed by atoms with Gasteiger partial charge in [-0.2, -0.15) is 0 Å². The van der Waals surface area contributed by atoms with Crippen LogP contribution in [0.4, 0.5) is 5.82 Å². The van der Waals surface area contributed by atoms with Crippen molar-refractivity contribution >= 4 is 33.8 Å². The van der Waals surface area contributed by atoms with Gasteiger partial charge in [-0.25, -0.2) is 19.9 Å². The zero-order chi connectivity index (χ0) is 11.9. The summed E-state index contributed by atoms with van der Waals surface area (Å²) >= 11 is 0. The van der Waals surface area contributed by atoms with Crippen molar-refractivity contribution in [2.45, 2.75) is 0 Å². The average molecular weight is 306 g/mol. The monoisotopic (exact) mass is 305 g/mol. The van der Waals surface area contributed by atoms with Gasteiger partial charge in [0, 0.05) is 24.0 Å². The van der Waals surface area contributed by atoms with Gasteiger partial charge in [0.05, 0.1) is 0 Å². The van der Waals surface area contributed by atoms with Crippen LogP contribution in [0, 0.1) is 0 Å². The highest BCUT2D eigenvalue weighted by Crippen LogP contribution is 2.09. The van der Waals surface area contributed by atoms with Crippen molar-refractivity contribution in [2.75, 3.05) is 5.73 Å². The molecule has 0 aliphatic carbocycles. The molecule has 6 heteroatoms. The Morgan fingerprint density at radius 1 is 0.889 bits per heavy atom. The SMILES string of the molecule is Br.Nc1ccc2cccnc2n1.c1cncnc1. The average Bonchev–Trinajstić information content (AvgIpc) is 2.41. The highest BCUT2D eigenvalue weighted by Gasteiger charge is 1.92. The van der Waals surface area contributed by atoms with E-state index in [4.69, 9.17) is 5.73 Å². The van der Waals surface area contributed by atoms with Crippen molar-refractivity contribution in [2.24, 2.45) is 0 Å². The molecule has 0 aliphatic heterocycles. The number of rotatable bonds is 0. The molecule has 5 nitrogen and oxygen atoms in total. The van der Waals surface area contributed by atoms with Crippen molar-refractivity contribution in [3.05, 3.63) is 55.2 Å². The predicted octanol–water partition coefficient (Wildman–Crippen LogP) is 2.27. The van der Waals surface area contributed by atoms with Gasteiger partial charge in [-0.1, -0.05) is 0 Å². The minimum atomic E-state index is 0. The van der Waals surface area contributed by atoms with Crippen LogP contribution in [0.1, 0.15) is 0 Å². The summed E-state index contributed by atoms with van der Waals surface area (Å²) in [4.78, 5) is 15.4. The lowest BCUT2D eigenvalue weighted by atomic mass is 10.3. The molecule has 0 unspecified atom stereocenters. The molecule has 0 amide bonds. The predicted molar refractivity (Wildman–Crippen MR) is 76.3 cm³/mol. The van der Waals surface area contributed by atoms with Gasteiger partial charge >= 0.3 is 0 Å². The molecular weight excluding hydrogens is 294 g/mol. The van der Waals surface area contributed by atoms with E-state index < -0.39 is 0 Å². The first-order valence-electron chi connectivity index (χ1n) is 5.03. The molecule has 18 heavy (non-hydrogen) atoms. The largest absolute Gasteiger partial charge is 0.384 e. The summed E-state index contributed by atoms with van der Waals surface area (Å²) in [7, 11) is 0. The normalized spacial score (nSPS) is 8.89. The molecule has 92 valence electrons. The number of pyridine rings is 2. The van der Waals surface area contributed by atoms with Crippen LogP contribution in [0.25, 0.3) is 11.0 Å². The van der Waals surface area contributed by atoms with Gasteiger partial charge in [0.2, 0.25) is 0 Å². The summed E-state index contributed by atoms with van der Waals surface area (Å²) in [5.74, 6) is 0.510. The molecule has 2 N–H and O–H groups in total. The van der Waals surface area contributed by atoms with Crippen molar-refractivity contribution in [3.8, 4) is 0 Å². The Bertz CT molecular complexity index is 561. The van der Waals surface area contributed by atoms with Crippen LogP contribution in [0.15, 0.2) is 55.2 Å². The lowest BCUT2D eigenvalue weighted by molar-refractivity contribution is 1.17. The third kappa shape index (κ3) is 4.06. The number of nitrogens with two attached hydrogens (primary N) is 1. The second-order valence-electron chi connectivity index (χ2n) is 3.19. The fourth-order valence-electron chi connectivity index (χ4n) is 1.22. The maximum Gasteiger partial charge on any atom is 0.161 e. The third-order valence-electron chi connectivity index (χ3n) is 1.96. The molecule has 3 aromatic heterocycles. The molecule has 0 radical (unpaired) electrons. The Hall–Kier alpha value is -2.08. The highest BCUT2D eigenvalue weighted by molar-refractivity contribution is 8.93. The maximum absolute atomic E-state index is 5.47. The van der Waals surface area contributed by atoms with E-state index in [1.54, 1.807) is 30.7 Å². The maximum atomic E-state index is 5.47. The van der Waals surface area contributed by atoms with E-state index in [0.29, 0.717) is 11.5 Å². The van der Waals surface area contributed by atoms with Crippen LogP contribution in [0.5, 0.6) is 0 Å². The van der Waals surface area contributed by atoms with Crippen LogP contribution in [-0.2, 0) is 0 Å². The molecule has 0 atom stereocenters. The van der Waals surface area contributed by atoms with Gasteiger partial charge < -0.3 is 5.73 Å². The molecule has 3 rings (SSSR count). The summed E-state index contributed by atoms with van der Waals surface area (Å²) in [6, 6.07) is 9.28. The van der Waals surface area contributed by atoms with Crippen molar-refractivity contribution in [1.82, 2.24) is 19.9 Å². The third-order valence-corrected chi connectivity index (χ3v) is 1.96. The van der Waals surface area contributed by atoms with E-state index in [9.17, 15) is 0 Å². The summed E-state index contributed by atoms with van der Waals surface area (Å²) in [6.07, 6.45) is 6.58. The van der Waals surface area contributed by atoms with E-state index >= 15 is 0 Å². The second-order valence-corrected chi connectivity index (χ2v) is 3.19. The molecule has 0 aromatic carbocycles. The van der Waals surface area contributed by atoms with Gasteiger partial charge in [0.1, 0.15) is 12.1 Å². The molecule has 0 fully saturated rings. The molecule has 0 bridgehead atoms. The molecule has 3 heterocycles. The quantitative estimate of drug-likeness (QED) is 0.689. The fraction of sp³-hybridized carbons (Fsp3) is 0. The van der Waals surface area contributed by atoms with E-state index in [2.05, 4.69) is 19.9 Å². The summed E-state index contributed by atoms with van der Waals surface area (Å²) < 4.78 is 0. The summed E-state index contributed by atoms with van der Waals surface area (Å²) in [6.45, 7) is 0. The van der Waals surface area contributed by atoms with Gasteiger partial charge in [-0.05, 0) is 30.3 Å². The summed E-state index contributed by atoms with van der Waals surface area (Å²) in [5.41, 5.74) is 6.17. The fourth-order valence-corrected chi connectivity index (χ4v) is 1.22. The number of fused-ring (bicyclic) bond motifs is 1. The first kappa shape index (κ1) is 14.0. The molecule has 0 aliphatic rings. The molecule has 0 spiro atoms. The molecule has 0 saturated heterocycles. The van der Waals surface area contributed by atoms with Gasteiger partial charge in [0.25, 0.3) is 0 Å². The van der Waals surface area contributed by atoms with Gasteiger partial charge in [-0.3, -0.25) is 0 Å². The highest BCUT2D eigenvalue weighted by atomic mass is 79.9. The van der Waals surface area contributed by atoms with Gasteiger partial charge in [-0.15, -0.1) is 17.0 Å². The van der Waals surface area contributed by atoms with E-state index in [0.717, 1.165) is 5.39 Å². The minimum Gasteiger partial charge on any atom is -0.384 e. The number of nitrogens with zero attached hydrogens (tertiary/aromatic N) is 4. The van der Waals surface area contributed by atoms with E-state index in [1.807, 2.05) is 18.2 Å². The first-order valence-corrected chi connectivity index (χ1v) is 5.03. The van der Waals surface area contributed by atoms with Crippen LogP contribution < -0.4 is 5.73 Å². The lowest BCUT2D eigenvalue weighted by Gasteiger charge is -1.94. The van der Waals surface area contributed by atoms with Crippen molar-refractivity contribution in [3.63, 3.8) is 0 Å². The van der Waals surface area contributed by atoms with E-state index in [-0.39, 0.29) is 17.0 Å². The van der Waals surface area contributed by atoms with Gasteiger partial charge in [0.15, 0.2) is 5.65 Å². The Morgan fingerprint density at radius 2 is 1.67 bits per heavy atom. The van der Waals surface area contributed by atoms with Crippen molar-refractivity contribution < 1.29 is 0 Å². The molecular formula is C12H12BrN5. The topological polar surface area (TPSA) is 77.6 Å². The Labute approximate surface area is 115 Å². The number of halogens is 1. The molecule has 3 aromatic rings. The second kappa shape index (κ2) is 7.29. The van der Waals surface area contributed by atoms with E-state index in [1.165, 1.54) is 6.33 Å². The smallest absolute Gasteiger partial charge is 0.161 e. The lowest BCUT2D eigenvalue weighted by Crippen LogP contribution is -1.90. The number of anilines is 1. The zero-order valence-corrected chi connectivity index (χ0v) is 11.2. The number of hydrogen-bond donors (Lipinski definition) is 1. The van der Waals surface area contributed by atoms with Crippen LogP contribution in [0.3, 0.4) is 0 Å². The number of hydrogen-bond acceptors (Lipinski definition) is 5. The van der Waals surface area contributed by atoms with Crippen LogP contribution in [-0.4, -0.2) is 19.9 Å². The minimum absolute atomic E-state index is 0. The summed E-state index contributed by atoms with van der Waals surface area (Å²) in [5, 5.41) is 1.02. The van der Waals surface area contributed by atoms with Crippen LogP contribution >= 0.6 is 17.0 Å².